The highest BCUT2D eigenvalue weighted by molar-refractivity contribution is 8.00. The van der Waals surface area contributed by atoms with Gasteiger partial charge in [-0.05, 0) is 23.6 Å². The van der Waals surface area contributed by atoms with Gasteiger partial charge in [0, 0.05) is 29.0 Å². The van der Waals surface area contributed by atoms with Crippen LogP contribution >= 0.6 is 34.4 Å². The number of hydrogen-bond donors (Lipinski definition) is 1. The van der Waals surface area contributed by atoms with E-state index in [-0.39, 0.29) is 11.4 Å². The number of amides is 1. The van der Waals surface area contributed by atoms with Gasteiger partial charge in [0.05, 0.1) is 10.6 Å². The number of non-ortho nitro benzene ring substituents is 1. The van der Waals surface area contributed by atoms with Crippen molar-refractivity contribution in [2.24, 2.45) is 0 Å². The third-order valence-corrected chi connectivity index (χ3v) is 6.75. The molecule has 0 bridgehead atoms. The Morgan fingerprint density at radius 1 is 1.24 bits per heavy atom. The highest BCUT2D eigenvalue weighted by Crippen LogP contribution is 2.29. The van der Waals surface area contributed by atoms with Crippen LogP contribution in [-0.4, -0.2) is 30.8 Å². The normalized spacial score (nSPS) is 10.8. The van der Waals surface area contributed by atoms with Gasteiger partial charge in [-0.15, -0.1) is 21.5 Å². The monoisotopic (exact) mass is 444 g/mol. The number of benzene rings is 1. The van der Waals surface area contributed by atoms with Gasteiger partial charge in [0.25, 0.3) is 11.6 Å². The van der Waals surface area contributed by atoms with Gasteiger partial charge in [0.2, 0.25) is 5.13 Å². The summed E-state index contributed by atoms with van der Waals surface area (Å²) in [6.07, 6.45) is 1.57. The minimum absolute atomic E-state index is 0.0505. The molecule has 9 nitrogen and oxygen atoms in total. The van der Waals surface area contributed by atoms with Crippen molar-refractivity contribution in [1.29, 1.82) is 0 Å². The molecule has 0 aliphatic heterocycles. The van der Waals surface area contributed by atoms with Crippen molar-refractivity contribution < 1.29 is 9.72 Å². The zero-order valence-corrected chi connectivity index (χ0v) is 17.0. The SMILES string of the molecule is O=C(Nc1nnc(SCc2cccs2)s1)c1ccn(-c2cccc([N+](=O)[O-])c2)n1. The molecule has 3 aromatic heterocycles. The van der Waals surface area contributed by atoms with E-state index in [9.17, 15) is 14.9 Å². The zero-order valence-electron chi connectivity index (χ0n) is 14.6. The highest BCUT2D eigenvalue weighted by atomic mass is 32.2. The number of hydrogen-bond acceptors (Lipinski definition) is 9. The van der Waals surface area contributed by atoms with Crippen LogP contribution in [0.4, 0.5) is 10.8 Å². The summed E-state index contributed by atoms with van der Waals surface area (Å²) in [5.74, 6) is 0.369. The molecule has 4 rings (SSSR count). The van der Waals surface area contributed by atoms with E-state index in [0.717, 1.165) is 10.1 Å². The average Bonchev–Trinajstić information content (AvgIpc) is 3.48. The summed E-state index contributed by atoms with van der Waals surface area (Å²) in [5.41, 5.74) is 0.603. The molecule has 0 aliphatic carbocycles. The lowest BCUT2D eigenvalue weighted by atomic mass is 10.3. The molecule has 29 heavy (non-hydrogen) atoms. The molecule has 1 amide bonds. The van der Waals surface area contributed by atoms with Crippen LogP contribution in [-0.2, 0) is 5.75 Å². The summed E-state index contributed by atoms with van der Waals surface area (Å²) in [5, 5.41) is 28.2. The number of nitro benzene ring substituents is 1. The van der Waals surface area contributed by atoms with Gasteiger partial charge < -0.3 is 0 Å². The van der Waals surface area contributed by atoms with Crippen LogP contribution in [0.2, 0.25) is 0 Å². The molecule has 0 spiro atoms. The van der Waals surface area contributed by atoms with Crippen LogP contribution < -0.4 is 5.32 Å². The third-order valence-electron chi connectivity index (χ3n) is 3.67. The first-order valence-electron chi connectivity index (χ1n) is 8.19. The van der Waals surface area contributed by atoms with Crippen molar-refractivity contribution >= 4 is 51.2 Å². The summed E-state index contributed by atoms with van der Waals surface area (Å²) in [4.78, 5) is 24.1. The van der Waals surface area contributed by atoms with E-state index in [1.54, 1.807) is 41.4 Å². The molecule has 0 atom stereocenters. The second-order valence-corrected chi connectivity index (χ2v) is 8.85. The standard InChI is InChI=1S/C17H12N6O3S3/c24-15(18-16-19-20-17(29-16)28-10-13-5-2-8-27-13)14-6-7-22(21-14)11-3-1-4-12(9-11)23(25)26/h1-9H,10H2,(H,18,19,24). The van der Waals surface area contributed by atoms with Crippen LogP contribution in [0.3, 0.4) is 0 Å². The average molecular weight is 445 g/mol. The van der Waals surface area contributed by atoms with E-state index in [4.69, 9.17) is 0 Å². The molecule has 0 saturated carbocycles. The lowest BCUT2D eigenvalue weighted by Gasteiger charge is -2.01. The topological polar surface area (TPSA) is 116 Å². The molecule has 0 radical (unpaired) electrons. The second-order valence-electron chi connectivity index (χ2n) is 5.62. The number of carbonyl (C=O) groups is 1. The van der Waals surface area contributed by atoms with Crippen molar-refractivity contribution in [3.8, 4) is 5.69 Å². The lowest BCUT2D eigenvalue weighted by Crippen LogP contribution is -2.13. The Labute approximate surface area is 176 Å². The molecule has 1 N–H and O–H groups in total. The molecule has 0 fully saturated rings. The molecule has 146 valence electrons. The van der Waals surface area contributed by atoms with Crippen molar-refractivity contribution in [2.75, 3.05) is 5.32 Å². The fraction of sp³-hybridized carbons (Fsp3) is 0.0588. The van der Waals surface area contributed by atoms with Crippen molar-refractivity contribution in [2.45, 2.75) is 10.1 Å². The van der Waals surface area contributed by atoms with Crippen molar-refractivity contribution in [3.63, 3.8) is 0 Å². The van der Waals surface area contributed by atoms with Gasteiger partial charge in [-0.2, -0.15) is 5.10 Å². The van der Waals surface area contributed by atoms with Gasteiger partial charge in [0.1, 0.15) is 0 Å². The molecular weight excluding hydrogens is 432 g/mol. The van der Waals surface area contributed by atoms with Crippen LogP contribution in [0.15, 0.2) is 58.4 Å². The van der Waals surface area contributed by atoms with E-state index in [1.807, 2.05) is 11.4 Å². The summed E-state index contributed by atoms with van der Waals surface area (Å²) in [6.45, 7) is 0. The quantitative estimate of drug-likeness (QED) is 0.196. The summed E-state index contributed by atoms with van der Waals surface area (Å²) >= 11 is 4.52. The number of carbonyl (C=O) groups excluding carboxylic acids is 1. The van der Waals surface area contributed by atoms with E-state index in [1.165, 1.54) is 39.1 Å². The third kappa shape index (κ3) is 4.67. The first-order valence-corrected chi connectivity index (χ1v) is 10.9. The largest absolute Gasteiger partial charge is 0.295 e. The molecular formula is C17H12N6O3S3. The summed E-state index contributed by atoms with van der Waals surface area (Å²) in [6, 6.07) is 11.6. The smallest absolute Gasteiger partial charge is 0.277 e. The molecule has 12 heteroatoms. The first kappa shape index (κ1) is 19.2. The number of thioether (sulfide) groups is 1. The van der Waals surface area contributed by atoms with Crippen LogP contribution in [0, 0.1) is 10.1 Å². The summed E-state index contributed by atoms with van der Waals surface area (Å²) < 4.78 is 2.17. The Hall–Kier alpha value is -3.09. The fourth-order valence-electron chi connectivity index (χ4n) is 2.35. The minimum Gasteiger partial charge on any atom is -0.295 e. The maximum absolute atomic E-state index is 12.4. The highest BCUT2D eigenvalue weighted by Gasteiger charge is 2.15. The van der Waals surface area contributed by atoms with Gasteiger partial charge in [-0.25, -0.2) is 4.68 Å². The van der Waals surface area contributed by atoms with Gasteiger partial charge in [-0.3, -0.25) is 20.2 Å². The predicted molar refractivity (Wildman–Crippen MR) is 112 cm³/mol. The van der Waals surface area contributed by atoms with E-state index in [2.05, 4.69) is 26.7 Å². The molecule has 3 heterocycles. The fourth-order valence-corrected chi connectivity index (χ4v) is 4.87. The number of nitrogens with zero attached hydrogens (tertiary/aromatic N) is 5. The van der Waals surface area contributed by atoms with Gasteiger partial charge in [0.15, 0.2) is 10.0 Å². The number of rotatable bonds is 7. The number of aromatic nitrogens is 4. The number of anilines is 1. The van der Waals surface area contributed by atoms with Crippen LogP contribution in [0.5, 0.6) is 0 Å². The maximum atomic E-state index is 12.4. The lowest BCUT2D eigenvalue weighted by molar-refractivity contribution is -0.384. The predicted octanol–water partition coefficient (Wildman–Crippen LogP) is 4.24. The molecule has 4 aromatic rings. The number of thiophene rings is 1. The van der Waals surface area contributed by atoms with E-state index in [0.29, 0.717) is 10.8 Å². The first-order chi connectivity index (χ1) is 14.1. The van der Waals surface area contributed by atoms with Crippen molar-refractivity contribution in [3.05, 3.63) is 74.7 Å². The van der Waals surface area contributed by atoms with Crippen molar-refractivity contribution in [1.82, 2.24) is 20.0 Å². The van der Waals surface area contributed by atoms with E-state index < -0.39 is 10.8 Å². The van der Waals surface area contributed by atoms with Gasteiger partial charge in [-0.1, -0.05) is 35.2 Å². The second kappa shape index (κ2) is 8.51. The van der Waals surface area contributed by atoms with Crippen LogP contribution in [0.25, 0.3) is 5.69 Å². The number of nitro groups is 1. The Morgan fingerprint density at radius 2 is 2.14 bits per heavy atom. The number of nitrogens with one attached hydrogen (secondary N) is 1. The Balaban J connectivity index is 1.41. The minimum atomic E-state index is -0.482. The molecule has 1 aromatic carbocycles. The molecule has 0 saturated heterocycles. The molecule has 0 aliphatic rings. The Bertz CT molecular complexity index is 1150. The Morgan fingerprint density at radius 3 is 2.93 bits per heavy atom. The van der Waals surface area contributed by atoms with Crippen LogP contribution in [0.1, 0.15) is 15.4 Å². The maximum Gasteiger partial charge on any atom is 0.277 e. The summed E-state index contributed by atoms with van der Waals surface area (Å²) in [7, 11) is 0. The Kier molecular flexibility index (Phi) is 5.64. The molecule has 0 unspecified atom stereocenters. The zero-order chi connectivity index (χ0) is 20.2. The van der Waals surface area contributed by atoms with Gasteiger partial charge >= 0.3 is 0 Å². The van der Waals surface area contributed by atoms with E-state index >= 15 is 0 Å².